The Morgan fingerprint density at radius 3 is 2.59 bits per heavy atom. The molecule has 0 unspecified atom stereocenters. The zero-order valence-corrected chi connectivity index (χ0v) is 9.01. The molecule has 88 valence electrons. The number of nitrogen functional groups attached to an aromatic ring is 1. The van der Waals surface area contributed by atoms with Gasteiger partial charge in [0.05, 0.1) is 11.4 Å². The highest BCUT2D eigenvalue weighted by molar-refractivity contribution is 6.57. The molecule has 0 aliphatic heterocycles. The van der Waals surface area contributed by atoms with E-state index in [1.165, 1.54) is 0 Å². The van der Waals surface area contributed by atoms with E-state index < -0.39 is 17.8 Å². The molecule has 6 nitrogen and oxygen atoms in total. The summed E-state index contributed by atoms with van der Waals surface area (Å²) in [5.41, 5.74) is 6.76. The summed E-state index contributed by atoms with van der Waals surface area (Å²) in [6.07, 6.45) is 0. The third-order valence-electron chi connectivity index (χ3n) is 2.07. The monoisotopic (exact) mass is 233 g/mol. The van der Waals surface area contributed by atoms with Crippen molar-refractivity contribution in [3.05, 3.63) is 24.3 Å². The van der Waals surface area contributed by atoms with Gasteiger partial charge >= 0.3 is 5.97 Å². The largest absolute Gasteiger partial charge is 0.480 e. The molecular weight excluding hydrogens is 221 g/mol. The van der Waals surface area contributed by atoms with E-state index >= 15 is 0 Å². The fourth-order valence-corrected chi connectivity index (χ4v) is 1.24. The van der Waals surface area contributed by atoms with E-state index in [1.807, 2.05) is 0 Å². The topological polar surface area (TPSA) is 104 Å². The van der Waals surface area contributed by atoms with E-state index in [0.717, 1.165) is 0 Å². The second kappa shape index (κ2) is 5.79. The second-order valence-corrected chi connectivity index (χ2v) is 3.37. The average molecular weight is 233 g/mol. The number of carbonyl (C=O) groups excluding carboxylic acids is 1. The van der Waals surface area contributed by atoms with Crippen molar-refractivity contribution in [1.82, 2.24) is 5.32 Å². The number of carbonyl (C=O) groups is 2. The van der Waals surface area contributed by atoms with Gasteiger partial charge in [-0.15, -0.1) is 0 Å². The fraction of sp³-hybridized carbons (Fsp3) is 0.200. The standard InChI is InChI=1S/C10H12BN3O3/c11-10(17)14-8(9(15)16)5-13-7-4-2-1-3-6(7)12/h1-4,8,13H,5,12H2,(H,14,17)(H,15,16)/t8-/m0/s1. The molecule has 1 atom stereocenters. The minimum atomic E-state index is -1.18. The van der Waals surface area contributed by atoms with Crippen molar-refractivity contribution in [2.24, 2.45) is 0 Å². The average Bonchev–Trinajstić information content (AvgIpc) is 2.25. The Balaban J connectivity index is 2.61. The van der Waals surface area contributed by atoms with Crippen molar-refractivity contribution < 1.29 is 14.7 Å². The van der Waals surface area contributed by atoms with Gasteiger partial charge < -0.3 is 21.5 Å². The maximum Gasteiger partial charge on any atom is 0.328 e. The van der Waals surface area contributed by atoms with Crippen LogP contribution in [0.5, 0.6) is 0 Å². The number of carboxylic acid groups (broad SMARTS) is 1. The third kappa shape index (κ3) is 4.06. The fourth-order valence-electron chi connectivity index (χ4n) is 1.24. The van der Waals surface area contributed by atoms with Crippen LogP contribution in [-0.2, 0) is 4.79 Å². The number of benzene rings is 1. The molecule has 2 radical (unpaired) electrons. The Labute approximate surface area is 99.6 Å². The van der Waals surface area contributed by atoms with Crippen molar-refractivity contribution in [3.63, 3.8) is 0 Å². The lowest BCUT2D eigenvalue weighted by atomic mass is 10.1. The number of aliphatic carboxylic acids is 1. The van der Waals surface area contributed by atoms with Gasteiger partial charge in [-0.05, 0) is 12.1 Å². The van der Waals surface area contributed by atoms with Crippen molar-refractivity contribution in [2.45, 2.75) is 6.04 Å². The molecule has 0 saturated carbocycles. The van der Waals surface area contributed by atoms with Crippen LogP contribution in [0.3, 0.4) is 0 Å². The lowest BCUT2D eigenvalue weighted by Crippen LogP contribution is -2.44. The molecule has 0 heterocycles. The van der Waals surface area contributed by atoms with Crippen LogP contribution in [0.4, 0.5) is 16.2 Å². The highest BCUT2D eigenvalue weighted by Crippen LogP contribution is 2.16. The zero-order chi connectivity index (χ0) is 12.8. The summed E-state index contributed by atoms with van der Waals surface area (Å²) in [7, 11) is 4.86. The first-order valence-electron chi connectivity index (χ1n) is 4.88. The number of nitrogens with two attached hydrogens (primary N) is 1. The third-order valence-corrected chi connectivity index (χ3v) is 2.07. The summed E-state index contributed by atoms with van der Waals surface area (Å²) in [5, 5.41) is 13.8. The first-order valence-corrected chi connectivity index (χ1v) is 4.88. The van der Waals surface area contributed by atoms with Crippen LogP contribution in [0.15, 0.2) is 24.3 Å². The minimum absolute atomic E-state index is 0.00745. The number of carboxylic acids is 1. The SMILES string of the molecule is [B]C(=O)N[C@@H](CNc1ccccc1N)C(=O)O. The Hall–Kier alpha value is -2.18. The van der Waals surface area contributed by atoms with Gasteiger partial charge in [0, 0.05) is 6.54 Å². The van der Waals surface area contributed by atoms with Crippen LogP contribution >= 0.6 is 0 Å². The lowest BCUT2D eigenvalue weighted by Gasteiger charge is -2.16. The van der Waals surface area contributed by atoms with E-state index in [1.54, 1.807) is 24.3 Å². The summed E-state index contributed by atoms with van der Waals surface area (Å²) in [5.74, 6) is -2.06. The molecule has 0 saturated heterocycles. The van der Waals surface area contributed by atoms with Crippen molar-refractivity contribution in [2.75, 3.05) is 17.6 Å². The van der Waals surface area contributed by atoms with Gasteiger partial charge in [0.2, 0.25) is 7.85 Å². The number of hydrogen-bond acceptors (Lipinski definition) is 4. The molecular formula is C10H12BN3O3. The molecule has 0 spiro atoms. The summed E-state index contributed by atoms with van der Waals surface area (Å²) >= 11 is 0. The van der Waals surface area contributed by atoms with Crippen LogP contribution in [0, 0.1) is 0 Å². The zero-order valence-electron chi connectivity index (χ0n) is 9.01. The minimum Gasteiger partial charge on any atom is -0.480 e. The predicted molar refractivity (Wildman–Crippen MR) is 65.1 cm³/mol. The number of anilines is 2. The lowest BCUT2D eigenvalue weighted by molar-refractivity contribution is -0.138. The Bertz CT molecular complexity index is 425. The summed E-state index contributed by atoms with van der Waals surface area (Å²) in [6.45, 7) is -0.00745. The quantitative estimate of drug-likeness (QED) is 0.423. The summed E-state index contributed by atoms with van der Waals surface area (Å²) in [4.78, 5) is 21.4. The summed E-state index contributed by atoms with van der Waals surface area (Å²) in [6, 6.07) is 5.80. The predicted octanol–water partition coefficient (Wildman–Crippen LogP) is 0.0120. The number of rotatable bonds is 5. The molecule has 7 heteroatoms. The van der Waals surface area contributed by atoms with Crippen LogP contribution in [0.25, 0.3) is 0 Å². The maximum absolute atomic E-state index is 10.8. The molecule has 5 N–H and O–H groups in total. The molecule has 0 fully saturated rings. The highest BCUT2D eigenvalue weighted by Gasteiger charge is 2.17. The van der Waals surface area contributed by atoms with Gasteiger partial charge in [-0.1, -0.05) is 12.1 Å². The summed E-state index contributed by atoms with van der Waals surface area (Å²) < 4.78 is 0. The first kappa shape index (κ1) is 12.9. The Kier molecular flexibility index (Phi) is 4.39. The molecule has 0 aliphatic carbocycles. The second-order valence-electron chi connectivity index (χ2n) is 3.37. The maximum atomic E-state index is 10.8. The normalized spacial score (nSPS) is 11.5. The Morgan fingerprint density at radius 2 is 2.06 bits per heavy atom. The number of para-hydroxylation sites is 2. The van der Waals surface area contributed by atoms with Crippen LogP contribution < -0.4 is 16.4 Å². The molecule has 1 amide bonds. The van der Waals surface area contributed by atoms with Gasteiger partial charge in [-0.3, -0.25) is 4.79 Å². The molecule has 0 aliphatic rings. The van der Waals surface area contributed by atoms with E-state index in [-0.39, 0.29) is 6.54 Å². The Morgan fingerprint density at radius 1 is 1.41 bits per heavy atom. The molecule has 0 bridgehead atoms. The molecule has 0 aromatic heterocycles. The van der Waals surface area contributed by atoms with Crippen molar-refractivity contribution in [3.8, 4) is 0 Å². The molecule has 17 heavy (non-hydrogen) atoms. The van der Waals surface area contributed by atoms with Gasteiger partial charge in [-0.2, -0.15) is 0 Å². The number of amides is 1. The van der Waals surface area contributed by atoms with Crippen LogP contribution in [-0.4, -0.2) is 37.3 Å². The number of nitrogens with one attached hydrogen (secondary N) is 2. The van der Waals surface area contributed by atoms with Gasteiger partial charge in [0.25, 0.3) is 0 Å². The van der Waals surface area contributed by atoms with E-state index in [2.05, 4.69) is 10.6 Å². The highest BCUT2D eigenvalue weighted by atomic mass is 16.4. The van der Waals surface area contributed by atoms with Crippen LogP contribution in [0.1, 0.15) is 0 Å². The molecule has 1 rings (SSSR count). The number of hydrogen-bond donors (Lipinski definition) is 4. The smallest absolute Gasteiger partial charge is 0.328 e. The van der Waals surface area contributed by atoms with Crippen LogP contribution in [0.2, 0.25) is 0 Å². The molecule has 1 aromatic rings. The van der Waals surface area contributed by atoms with Gasteiger partial charge in [0.15, 0.2) is 5.81 Å². The van der Waals surface area contributed by atoms with Crippen molar-refractivity contribution in [1.29, 1.82) is 0 Å². The molecule has 1 aromatic carbocycles. The van der Waals surface area contributed by atoms with E-state index in [0.29, 0.717) is 11.4 Å². The van der Waals surface area contributed by atoms with Gasteiger partial charge in [0.1, 0.15) is 6.04 Å². The van der Waals surface area contributed by atoms with Crippen molar-refractivity contribution >= 4 is 31.0 Å². The first-order chi connectivity index (χ1) is 8.00. The van der Waals surface area contributed by atoms with E-state index in [9.17, 15) is 9.59 Å². The van der Waals surface area contributed by atoms with Gasteiger partial charge in [-0.25, -0.2) is 4.79 Å². The van der Waals surface area contributed by atoms with E-state index in [4.69, 9.17) is 18.7 Å².